The predicted molar refractivity (Wildman–Crippen MR) is 100 cm³/mol. The summed E-state index contributed by atoms with van der Waals surface area (Å²) < 4.78 is 21.8. The molecule has 0 saturated carbocycles. The van der Waals surface area contributed by atoms with Crippen LogP contribution in [0.2, 0.25) is 0 Å². The highest BCUT2D eigenvalue weighted by molar-refractivity contribution is 5.92. The summed E-state index contributed by atoms with van der Waals surface area (Å²) in [5.41, 5.74) is 1.18. The van der Waals surface area contributed by atoms with Crippen LogP contribution in [0.1, 0.15) is 11.1 Å². The van der Waals surface area contributed by atoms with E-state index in [9.17, 15) is 15.0 Å². The number of rotatable bonds is 4. The van der Waals surface area contributed by atoms with Crippen molar-refractivity contribution < 1.29 is 28.8 Å². The van der Waals surface area contributed by atoms with Gasteiger partial charge in [0.15, 0.2) is 17.3 Å². The zero-order valence-corrected chi connectivity index (χ0v) is 15.7. The molecule has 3 aromatic rings. The van der Waals surface area contributed by atoms with Crippen LogP contribution in [0.25, 0.3) is 22.3 Å². The van der Waals surface area contributed by atoms with Crippen LogP contribution >= 0.6 is 0 Å². The first-order valence-electron chi connectivity index (χ1n) is 8.13. The number of ether oxygens (including phenoxy) is 3. The van der Waals surface area contributed by atoms with Crippen LogP contribution in [0.15, 0.2) is 27.4 Å². The quantitative estimate of drug-likeness (QED) is 0.723. The van der Waals surface area contributed by atoms with Crippen LogP contribution in [-0.4, -0.2) is 31.5 Å². The second kappa shape index (κ2) is 6.75. The van der Waals surface area contributed by atoms with Gasteiger partial charge in [-0.15, -0.1) is 0 Å². The highest BCUT2D eigenvalue weighted by atomic mass is 16.5. The molecule has 3 rings (SSSR count). The summed E-state index contributed by atoms with van der Waals surface area (Å²) >= 11 is 0. The minimum absolute atomic E-state index is 0.0251. The van der Waals surface area contributed by atoms with E-state index in [1.807, 2.05) is 0 Å². The van der Waals surface area contributed by atoms with E-state index in [4.69, 9.17) is 18.6 Å². The van der Waals surface area contributed by atoms with Crippen molar-refractivity contribution in [2.45, 2.75) is 13.8 Å². The maximum Gasteiger partial charge on any atom is 0.239 e. The number of benzene rings is 2. The average molecular weight is 372 g/mol. The summed E-state index contributed by atoms with van der Waals surface area (Å²) in [6.07, 6.45) is 0. The molecule has 0 radical (unpaired) electrons. The van der Waals surface area contributed by atoms with E-state index in [2.05, 4.69) is 0 Å². The lowest BCUT2D eigenvalue weighted by Crippen LogP contribution is -2.09. The van der Waals surface area contributed by atoms with E-state index in [0.29, 0.717) is 22.4 Å². The maximum absolute atomic E-state index is 13.0. The summed E-state index contributed by atoms with van der Waals surface area (Å²) in [4.78, 5) is 13.0. The third-order valence-electron chi connectivity index (χ3n) is 4.53. The lowest BCUT2D eigenvalue weighted by atomic mass is 10.0. The molecular weight excluding hydrogens is 352 g/mol. The van der Waals surface area contributed by atoms with Crippen LogP contribution < -0.4 is 19.6 Å². The van der Waals surface area contributed by atoms with E-state index in [1.165, 1.54) is 33.5 Å². The van der Waals surface area contributed by atoms with Crippen LogP contribution in [0.5, 0.6) is 28.7 Å². The molecule has 1 heterocycles. The smallest absolute Gasteiger partial charge is 0.239 e. The maximum atomic E-state index is 13.0. The van der Waals surface area contributed by atoms with Crippen LogP contribution in [0.3, 0.4) is 0 Å². The molecule has 0 saturated heterocycles. The fraction of sp³-hybridized carbons (Fsp3) is 0.250. The van der Waals surface area contributed by atoms with Gasteiger partial charge in [-0.3, -0.25) is 4.79 Å². The van der Waals surface area contributed by atoms with Crippen molar-refractivity contribution in [1.29, 1.82) is 0 Å². The monoisotopic (exact) mass is 372 g/mol. The molecule has 142 valence electrons. The zero-order valence-electron chi connectivity index (χ0n) is 15.7. The minimum atomic E-state index is -0.507. The first-order valence-corrected chi connectivity index (χ1v) is 8.13. The normalized spacial score (nSPS) is 10.9. The number of hydrogen-bond acceptors (Lipinski definition) is 7. The molecule has 0 aliphatic carbocycles. The molecule has 0 bridgehead atoms. The summed E-state index contributed by atoms with van der Waals surface area (Å²) in [6.45, 7) is 3.40. The van der Waals surface area contributed by atoms with Gasteiger partial charge >= 0.3 is 0 Å². The predicted octanol–water partition coefficient (Wildman–Crippen LogP) is 3.51. The van der Waals surface area contributed by atoms with Gasteiger partial charge in [0, 0.05) is 16.7 Å². The zero-order chi connectivity index (χ0) is 19.9. The Hall–Kier alpha value is -3.35. The van der Waals surface area contributed by atoms with Crippen molar-refractivity contribution in [1.82, 2.24) is 0 Å². The number of aromatic hydroxyl groups is 2. The van der Waals surface area contributed by atoms with Crippen LogP contribution in [-0.2, 0) is 0 Å². The molecule has 7 nitrogen and oxygen atoms in total. The highest BCUT2D eigenvalue weighted by Crippen LogP contribution is 2.42. The van der Waals surface area contributed by atoms with Gasteiger partial charge in [0.25, 0.3) is 0 Å². The Balaban J connectivity index is 2.46. The summed E-state index contributed by atoms with van der Waals surface area (Å²) in [7, 11) is 4.25. The number of methoxy groups -OCH3 is 3. The molecular formula is C20H20O7. The molecule has 0 spiro atoms. The van der Waals surface area contributed by atoms with Crippen molar-refractivity contribution in [3.05, 3.63) is 39.5 Å². The van der Waals surface area contributed by atoms with Crippen molar-refractivity contribution in [2.24, 2.45) is 0 Å². The minimum Gasteiger partial charge on any atom is -0.507 e. The number of phenolic OH excluding ortho intramolecular Hbond substituents is 2. The van der Waals surface area contributed by atoms with Crippen LogP contribution in [0.4, 0.5) is 0 Å². The van der Waals surface area contributed by atoms with E-state index in [-0.39, 0.29) is 39.7 Å². The lowest BCUT2D eigenvalue weighted by molar-refractivity contribution is 0.373. The Labute approximate surface area is 155 Å². The third-order valence-corrected chi connectivity index (χ3v) is 4.53. The third kappa shape index (κ3) is 2.71. The first kappa shape index (κ1) is 18.4. The average Bonchev–Trinajstić information content (AvgIpc) is 2.66. The Morgan fingerprint density at radius 3 is 2.19 bits per heavy atom. The Morgan fingerprint density at radius 1 is 0.926 bits per heavy atom. The van der Waals surface area contributed by atoms with Gasteiger partial charge in [-0.1, -0.05) is 0 Å². The molecule has 2 N–H and O–H groups in total. The molecule has 1 aromatic heterocycles. The molecule has 2 aromatic carbocycles. The van der Waals surface area contributed by atoms with Gasteiger partial charge in [0.05, 0.1) is 21.3 Å². The first-order chi connectivity index (χ1) is 12.8. The Morgan fingerprint density at radius 2 is 1.59 bits per heavy atom. The van der Waals surface area contributed by atoms with Gasteiger partial charge in [0.2, 0.25) is 11.2 Å². The summed E-state index contributed by atoms with van der Waals surface area (Å²) in [5, 5.41) is 20.4. The number of fused-ring (bicyclic) bond motifs is 1. The fourth-order valence-electron chi connectivity index (χ4n) is 3.18. The van der Waals surface area contributed by atoms with Gasteiger partial charge in [-0.2, -0.15) is 0 Å². The van der Waals surface area contributed by atoms with E-state index in [1.54, 1.807) is 19.9 Å². The Kier molecular flexibility index (Phi) is 4.61. The number of phenols is 2. The highest BCUT2D eigenvalue weighted by Gasteiger charge is 2.25. The van der Waals surface area contributed by atoms with E-state index >= 15 is 0 Å². The molecule has 0 aliphatic heterocycles. The second-order valence-corrected chi connectivity index (χ2v) is 6.02. The topological polar surface area (TPSA) is 98.4 Å². The molecule has 7 heteroatoms. The van der Waals surface area contributed by atoms with Gasteiger partial charge in [-0.25, -0.2) is 0 Å². The van der Waals surface area contributed by atoms with Crippen molar-refractivity contribution in [3.8, 4) is 40.1 Å². The fourth-order valence-corrected chi connectivity index (χ4v) is 3.18. The molecule has 0 amide bonds. The van der Waals surface area contributed by atoms with Gasteiger partial charge in [-0.05, 0) is 32.0 Å². The molecule has 0 fully saturated rings. The second-order valence-electron chi connectivity index (χ2n) is 6.02. The molecule has 27 heavy (non-hydrogen) atoms. The molecule has 0 atom stereocenters. The van der Waals surface area contributed by atoms with E-state index in [0.717, 1.165) is 0 Å². The largest absolute Gasteiger partial charge is 0.507 e. The Bertz CT molecular complexity index is 1100. The number of hydrogen-bond donors (Lipinski definition) is 2. The van der Waals surface area contributed by atoms with E-state index < -0.39 is 5.43 Å². The molecule has 0 aliphatic rings. The van der Waals surface area contributed by atoms with Crippen LogP contribution in [0, 0.1) is 13.8 Å². The van der Waals surface area contributed by atoms with Gasteiger partial charge in [0.1, 0.15) is 22.5 Å². The van der Waals surface area contributed by atoms with Crippen molar-refractivity contribution in [2.75, 3.05) is 21.3 Å². The number of aryl methyl sites for hydroxylation is 1. The molecule has 0 unspecified atom stereocenters. The summed E-state index contributed by atoms with van der Waals surface area (Å²) in [5.74, 6) is 0.487. The summed E-state index contributed by atoms with van der Waals surface area (Å²) in [6, 6.07) is 4.53. The lowest BCUT2D eigenvalue weighted by Gasteiger charge is -2.16. The van der Waals surface area contributed by atoms with Gasteiger partial charge < -0.3 is 28.8 Å². The van der Waals surface area contributed by atoms with Crippen molar-refractivity contribution >= 4 is 11.0 Å². The van der Waals surface area contributed by atoms with Crippen molar-refractivity contribution in [3.63, 3.8) is 0 Å². The standard InChI is InChI=1S/C20H20O7/c1-9-15(22)14-16(23)20(26-5)19(27-18(14)10(2)17(9)25-4)11-6-7-12(21)13(8-11)24-3/h6-8,21-22H,1-5H3. The SMILES string of the molecule is COc1cc(-c2oc3c(C)c(OC)c(C)c(O)c3c(=O)c2OC)ccc1O.